The number of amides is 1. The van der Waals surface area contributed by atoms with E-state index in [4.69, 9.17) is 0 Å². The Morgan fingerprint density at radius 1 is 1.04 bits per heavy atom. The molecule has 1 atom stereocenters. The van der Waals surface area contributed by atoms with E-state index in [9.17, 15) is 4.79 Å². The lowest BCUT2D eigenvalue weighted by molar-refractivity contribution is 0.0938. The van der Waals surface area contributed by atoms with Crippen molar-refractivity contribution in [3.63, 3.8) is 0 Å². The van der Waals surface area contributed by atoms with Crippen LogP contribution in [0.4, 0.5) is 0 Å². The van der Waals surface area contributed by atoms with Crippen LogP contribution in [-0.4, -0.2) is 30.4 Å². The Hall–Kier alpha value is -2.13. The van der Waals surface area contributed by atoms with Crippen LogP contribution in [0.2, 0.25) is 0 Å². The summed E-state index contributed by atoms with van der Waals surface area (Å²) in [6.45, 7) is 6.98. The van der Waals surface area contributed by atoms with Crippen molar-refractivity contribution in [1.29, 1.82) is 0 Å². The van der Waals surface area contributed by atoms with Gasteiger partial charge in [-0.3, -0.25) is 9.69 Å². The molecule has 0 unspecified atom stereocenters. The molecule has 2 aromatic rings. The van der Waals surface area contributed by atoms with Gasteiger partial charge in [0.2, 0.25) is 0 Å². The van der Waals surface area contributed by atoms with E-state index in [2.05, 4.69) is 41.4 Å². The summed E-state index contributed by atoms with van der Waals surface area (Å²) in [5.74, 6) is 0.00927. The average Bonchev–Trinajstić information content (AvgIpc) is 3.11. The number of nitrogens with one attached hydrogen (secondary N) is 1. The van der Waals surface area contributed by atoms with Crippen molar-refractivity contribution in [3.05, 3.63) is 70.8 Å². The van der Waals surface area contributed by atoms with Crippen molar-refractivity contribution in [2.24, 2.45) is 0 Å². The maximum absolute atomic E-state index is 12.5. The molecule has 0 radical (unpaired) electrons. The molecule has 1 N–H and O–H groups in total. The van der Waals surface area contributed by atoms with E-state index in [0.717, 1.165) is 24.2 Å². The standard InChI is InChI=1S/C21H26N2O/c1-16-8-10-18(11-9-16)20(23-12-3-4-13-23)15-22-21(24)19-7-5-6-17(2)14-19/h5-11,14,20H,3-4,12-13,15H2,1-2H3,(H,22,24)/t20-/m1/s1. The zero-order valence-electron chi connectivity index (χ0n) is 14.6. The van der Waals surface area contributed by atoms with Crippen molar-refractivity contribution in [3.8, 4) is 0 Å². The molecule has 0 bridgehead atoms. The molecule has 0 aliphatic carbocycles. The molecular formula is C21H26N2O. The smallest absolute Gasteiger partial charge is 0.251 e. The molecule has 2 aromatic carbocycles. The number of nitrogens with zero attached hydrogens (tertiary/aromatic N) is 1. The first kappa shape index (κ1) is 16.7. The predicted octanol–water partition coefficient (Wildman–Crippen LogP) is 3.87. The zero-order chi connectivity index (χ0) is 16.9. The van der Waals surface area contributed by atoms with Crippen molar-refractivity contribution >= 4 is 5.91 Å². The minimum absolute atomic E-state index is 0.00927. The van der Waals surface area contributed by atoms with Gasteiger partial charge in [-0.05, 0) is 57.5 Å². The normalized spacial score (nSPS) is 16.1. The molecule has 1 fully saturated rings. The number of carbonyl (C=O) groups is 1. The van der Waals surface area contributed by atoms with E-state index >= 15 is 0 Å². The minimum atomic E-state index is 0.00927. The molecule has 0 saturated carbocycles. The third-order valence-electron chi connectivity index (χ3n) is 4.78. The largest absolute Gasteiger partial charge is 0.350 e. The summed E-state index contributed by atoms with van der Waals surface area (Å²) < 4.78 is 0. The molecule has 24 heavy (non-hydrogen) atoms. The first-order valence-corrected chi connectivity index (χ1v) is 8.79. The minimum Gasteiger partial charge on any atom is -0.350 e. The van der Waals surface area contributed by atoms with E-state index in [-0.39, 0.29) is 11.9 Å². The second-order valence-corrected chi connectivity index (χ2v) is 6.75. The van der Waals surface area contributed by atoms with Crippen LogP contribution in [0.3, 0.4) is 0 Å². The first-order chi connectivity index (χ1) is 11.6. The number of rotatable bonds is 5. The molecule has 3 rings (SSSR count). The topological polar surface area (TPSA) is 32.3 Å². The molecule has 0 aromatic heterocycles. The predicted molar refractivity (Wildman–Crippen MR) is 98.2 cm³/mol. The average molecular weight is 322 g/mol. The molecule has 1 aliphatic heterocycles. The van der Waals surface area contributed by atoms with Crippen LogP contribution in [0.25, 0.3) is 0 Å². The summed E-state index contributed by atoms with van der Waals surface area (Å²) in [5.41, 5.74) is 4.39. The van der Waals surface area contributed by atoms with Gasteiger partial charge in [-0.25, -0.2) is 0 Å². The van der Waals surface area contributed by atoms with Crippen molar-refractivity contribution < 1.29 is 4.79 Å². The van der Waals surface area contributed by atoms with E-state index in [1.807, 2.05) is 31.2 Å². The zero-order valence-corrected chi connectivity index (χ0v) is 14.6. The molecule has 3 heteroatoms. The molecular weight excluding hydrogens is 296 g/mol. The number of benzene rings is 2. The quantitative estimate of drug-likeness (QED) is 0.906. The summed E-state index contributed by atoms with van der Waals surface area (Å²) in [4.78, 5) is 15.0. The van der Waals surface area contributed by atoms with Crippen LogP contribution in [0.5, 0.6) is 0 Å². The number of hydrogen-bond acceptors (Lipinski definition) is 2. The number of hydrogen-bond donors (Lipinski definition) is 1. The Balaban J connectivity index is 1.72. The SMILES string of the molecule is Cc1ccc([C@@H](CNC(=O)c2cccc(C)c2)N2CCCC2)cc1. The Morgan fingerprint density at radius 3 is 2.42 bits per heavy atom. The van der Waals surface area contributed by atoms with Crippen LogP contribution in [0.15, 0.2) is 48.5 Å². The molecule has 1 amide bonds. The number of likely N-dealkylation sites (tertiary alicyclic amines) is 1. The summed E-state index contributed by atoms with van der Waals surface area (Å²) in [5, 5.41) is 3.14. The van der Waals surface area contributed by atoms with Crippen LogP contribution >= 0.6 is 0 Å². The Labute approximate surface area is 144 Å². The van der Waals surface area contributed by atoms with Gasteiger partial charge in [0.05, 0.1) is 6.04 Å². The molecule has 3 nitrogen and oxygen atoms in total. The highest BCUT2D eigenvalue weighted by molar-refractivity contribution is 5.94. The van der Waals surface area contributed by atoms with Crippen LogP contribution in [0, 0.1) is 13.8 Å². The third-order valence-corrected chi connectivity index (χ3v) is 4.78. The number of aryl methyl sites for hydroxylation is 2. The Bertz CT molecular complexity index is 687. The van der Waals surface area contributed by atoms with E-state index in [0.29, 0.717) is 6.54 Å². The fourth-order valence-corrected chi connectivity index (χ4v) is 3.38. The van der Waals surface area contributed by atoms with Gasteiger partial charge in [-0.2, -0.15) is 0 Å². The van der Waals surface area contributed by atoms with E-state index < -0.39 is 0 Å². The summed E-state index contributed by atoms with van der Waals surface area (Å²) in [7, 11) is 0. The van der Waals surface area contributed by atoms with Gasteiger partial charge in [0.25, 0.3) is 5.91 Å². The molecule has 1 aliphatic rings. The van der Waals surface area contributed by atoms with Crippen LogP contribution in [-0.2, 0) is 0 Å². The first-order valence-electron chi connectivity index (χ1n) is 8.79. The van der Waals surface area contributed by atoms with Crippen molar-refractivity contribution in [1.82, 2.24) is 10.2 Å². The highest BCUT2D eigenvalue weighted by Crippen LogP contribution is 2.25. The highest BCUT2D eigenvalue weighted by Gasteiger charge is 2.24. The highest BCUT2D eigenvalue weighted by atomic mass is 16.1. The lowest BCUT2D eigenvalue weighted by Gasteiger charge is -2.28. The molecule has 1 heterocycles. The van der Waals surface area contributed by atoms with Gasteiger partial charge >= 0.3 is 0 Å². The van der Waals surface area contributed by atoms with Crippen LogP contribution < -0.4 is 5.32 Å². The Kier molecular flexibility index (Phi) is 5.31. The summed E-state index contributed by atoms with van der Waals surface area (Å²) >= 11 is 0. The van der Waals surface area contributed by atoms with Crippen molar-refractivity contribution in [2.45, 2.75) is 32.7 Å². The van der Waals surface area contributed by atoms with Gasteiger partial charge < -0.3 is 5.32 Å². The second-order valence-electron chi connectivity index (χ2n) is 6.75. The third kappa shape index (κ3) is 4.04. The monoisotopic (exact) mass is 322 g/mol. The fraction of sp³-hybridized carbons (Fsp3) is 0.381. The lowest BCUT2D eigenvalue weighted by Crippen LogP contribution is -2.36. The van der Waals surface area contributed by atoms with Gasteiger partial charge in [-0.15, -0.1) is 0 Å². The lowest BCUT2D eigenvalue weighted by atomic mass is 10.0. The summed E-state index contributed by atoms with van der Waals surface area (Å²) in [6.07, 6.45) is 2.49. The van der Waals surface area contributed by atoms with E-state index in [1.54, 1.807) is 0 Å². The van der Waals surface area contributed by atoms with Gasteiger partial charge in [-0.1, -0.05) is 47.5 Å². The fourth-order valence-electron chi connectivity index (χ4n) is 3.38. The maximum Gasteiger partial charge on any atom is 0.251 e. The molecule has 126 valence electrons. The maximum atomic E-state index is 12.5. The molecule has 0 spiro atoms. The number of carbonyl (C=O) groups excluding carboxylic acids is 1. The van der Waals surface area contributed by atoms with Crippen molar-refractivity contribution in [2.75, 3.05) is 19.6 Å². The van der Waals surface area contributed by atoms with Gasteiger partial charge in [0, 0.05) is 12.1 Å². The summed E-state index contributed by atoms with van der Waals surface area (Å²) in [6, 6.07) is 16.7. The van der Waals surface area contributed by atoms with Gasteiger partial charge in [0.15, 0.2) is 0 Å². The molecule has 1 saturated heterocycles. The Morgan fingerprint density at radius 2 is 1.75 bits per heavy atom. The van der Waals surface area contributed by atoms with Crippen LogP contribution in [0.1, 0.15) is 45.9 Å². The van der Waals surface area contributed by atoms with E-state index in [1.165, 1.54) is 24.0 Å². The van der Waals surface area contributed by atoms with Gasteiger partial charge in [0.1, 0.15) is 0 Å². The second kappa shape index (κ2) is 7.63.